The minimum atomic E-state index is 0.283. The van der Waals surface area contributed by atoms with Crippen LogP contribution in [-0.2, 0) is 6.54 Å². The summed E-state index contributed by atoms with van der Waals surface area (Å²) in [5, 5.41) is 7.89. The fourth-order valence-corrected chi connectivity index (χ4v) is 1.94. The molecule has 19 heavy (non-hydrogen) atoms. The summed E-state index contributed by atoms with van der Waals surface area (Å²) in [5.74, 6) is 0.586. The van der Waals surface area contributed by atoms with Gasteiger partial charge in [0.25, 0.3) is 0 Å². The predicted octanol–water partition coefficient (Wildman–Crippen LogP) is 2.40. The number of hydrogen-bond acceptors (Lipinski definition) is 4. The molecule has 0 N–H and O–H groups in total. The number of furan rings is 1. The smallest absolute Gasteiger partial charge is 0.172 e. The van der Waals surface area contributed by atoms with Gasteiger partial charge in [-0.25, -0.2) is 4.68 Å². The Hall–Kier alpha value is -2.69. The average molecular weight is 253 g/mol. The van der Waals surface area contributed by atoms with Crippen LogP contribution in [0.4, 0.5) is 0 Å². The maximum absolute atomic E-state index is 11.0. The molecule has 2 heterocycles. The van der Waals surface area contributed by atoms with Crippen LogP contribution in [-0.4, -0.2) is 21.3 Å². The third-order valence-electron chi connectivity index (χ3n) is 2.80. The topological polar surface area (TPSA) is 60.9 Å². The van der Waals surface area contributed by atoms with E-state index in [9.17, 15) is 4.79 Å². The molecule has 0 fully saturated rings. The quantitative estimate of drug-likeness (QED) is 0.670. The Morgan fingerprint density at radius 1 is 1.16 bits per heavy atom. The average Bonchev–Trinajstić information content (AvgIpc) is 3.08. The van der Waals surface area contributed by atoms with Crippen molar-refractivity contribution in [3.63, 3.8) is 0 Å². The summed E-state index contributed by atoms with van der Waals surface area (Å²) in [4.78, 5) is 11.0. The van der Waals surface area contributed by atoms with Gasteiger partial charge in [-0.05, 0) is 17.7 Å². The van der Waals surface area contributed by atoms with Gasteiger partial charge in [0, 0.05) is 0 Å². The molecule has 94 valence electrons. The van der Waals surface area contributed by atoms with Crippen LogP contribution in [0.3, 0.4) is 0 Å². The molecule has 0 bridgehead atoms. The normalized spacial score (nSPS) is 10.5. The van der Waals surface area contributed by atoms with Crippen molar-refractivity contribution in [1.82, 2.24) is 15.0 Å². The van der Waals surface area contributed by atoms with Crippen LogP contribution in [0.25, 0.3) is 11.5 Å². The molecule has 3 aromatic rings. The maximum atomic E-state index is 11.0. The highest BCUT2D eigenvalue weighted by Gasteiger charge is 2.16. The van der Waals surface area contributed by atoms with E-state index in [2.05, 4.69) is 10.3 Å². The van der Waals surface area contributed by atoms with E-state index in [0.717, 1.165) is 5.56 Å². The molecular weight excluding hydrogens is 242 g/mol. The highest BCUT2D eigenvalue weighted by atomic mass is 16.3. The molecule has 0 aliphatic rings. The molecule has 0 radical (unpaired) electrons. The zero-order chi connectivity index (χ0) is 13.1. The first-order valence-corrected chi connectivity index (χ1v) is 5.85. The Morgan fingerprint density at radius 3 is 2.68 bits per heavy atom. The van der Waals surface area contributed by atoms with Gasteiger partial charge >= 0.3 is 0 Å². The van der Waals surface area contributed by atoms with Crippen molar-refractivity contribution in [2.45, 2.75) is 6.54 Å². The van der Waals surface area contributed by atoms with E-state index in [0.29, 0.717) is 24.3 Å². The summed E-state index contributed by atoms with van der Waals surface area (Å²) in [5.41, 5.74) is 1.97. The van der Waals surface area contributed by atoms with Crippen molar-refractivity contribution in [1.29, 1.82) is 0 Å². The monoisotopic (exact) mass is 253 g/mol. The SMILES string of the molecule is O=Cc1nnn(Cc2ccccc2)c1-c1ccco1. The second-order valence-corrected chi connectivity index (χ2v) is 4.06. The standard InChI is InChI=1S/C14H11N3O2/c18-10-12-14(13-7-4-8-19-13)17(16-15-12)9-11-5-2-1-3-6-11/h1-8,10H,9H2. The van der Waals surface area contributed by atoms with Crippen LogP contribution in [0.1, 0.15) is 16.1 Å². The molecular formula is C14H11N3O2. The van der Waals surface area contributed by atoms with Crippen molar-refractivity contribution >= 4 is 6.29 Å². The minimum absolute atomic E-state index is 0.283. The summed E-state index contributed by atoms with van der Waals surface area (Å²) in [6, 6.07) is 13.4. The van der Waals surface area contributed by atoms with Crippen LogP contribution in [0.2, 0.25) is 0 Å². The molecule has 0 saturated heterocycles. The van der Waals surface area contributed by atoms with Crippen molar-refractivity contribution in [2.24, 2.45) is 0 Å². The van der Waals surface area contributed by atoms with Gasteiger partial charge in [0.15, 0.2) is 17.7 Å². The molecule has 0 aliphatic carbocycles. The van der Waals surface area contributed by atoms with Gasteiger partial charge in [-0.2, -0.15) is 0 Å². The first-order valence-electron chi connectivity index (χ1n) is 5.85. The molecule has 0 aliphatic heterocycles. The second-order valence-electron chi connectivity index (χ2n) is 4.06. The number of benzene rings is 1. The summed E-state index contributed by atoms with van der Waals surface area (Å²) < 4.78 is 7.00. The number of carbonyl (C=O) groups is 1. The Labute approximate surface area is 109 Å². The van der Waals surface area contributed by atoms with Gasteiger partial charge < -0.3 is 4.42 Å². The van der Waals surface area contributed by atoms with Gasteiger partial charge in [0.1, 0.15) is 5.69 Å². The van der Waals surface area contributed by atoms with Crippen molar-refractivity contribution < 1.29 is 9.21 Å². The maximum Gasteiger partial charge on any atom is 0.172 e. The van der Waals surface area contributed by atoms with Crippen LogP contribution in [0.15, 0.2) is 53.1 Å². The lowest BCUT2D eigenvalue weighted by Crippen LogP contribution is -2.04. The van der Waals surface area contributed by atoms with Gasteiger partial charge in [0.2, 0.25) is 0 Å². The minimum Gasteiger partial charge on any atom is -0.463 e. The molecule has 0 amide bonds. The first kappa shape index (κ1) is 11.4. The summed E-state index contributed by atoms with van der Waals surface area (Å²) in [6.45, 7) is 0.539. The summed E-state index contributed by atoms with van der Waals surface area (Å²) >= 11 is 0. The Bertz CT molecular complexity index is 672. The van der Waals surface area contributed by atoms with E-state index >= 15 is 0 Å². The third kappa shape index (κ3) is 2.18. The van der Waals surface area contributed by atoms with Gasteiger partial charge in [0.05, 0.1) is 12.8 Å². The lowest BCUT2D eigenvalue weighted by molar-refractivity contribution is 0.111. The molecule has 0 unspecified atom stereocenters. The van der Waals surface area contributed by atoms with Gasteiger partial charge in [-0.1, -0.05) is 35.5 Å². The van der Waals surface area contributed by atoms with Crippen molar-refractivity contribution in [3.05, 3.63) is 60.0 Å². The molecule has 1 aromatic carbocycles. The first-order chi connectivity index (χ1) is 9.38. The number of carbonyl (C=O) groups excluding carboxylic acids is 1. The number of rotatable bonds is 4. The van der Waals surface area contributed by atoms with E-state index in [4.69, 9.17) is 4.42 Å². The molecule has 0 saturated carbocycles. The third-order valence-corrected chi connectivity index (χ3v) is 2.80. The van der Waals surface area contributed by atoms with Gasteiger partial charge in [-0.15, -0.1) is 5.10 Å². The van der Waals surface area contributed by atoms with Crippen molar-refractivity contribution in [3.8, 4) is 11.5 Å². The zero-order valence-corrected chi connectivity index (χ0v) is 10.1. The van der Waals surface area contributed by atoms with Crippen LogP contribution in [0, 0.1) is 0 Å². The van der Waals surface area contributed by atoms with E-state index in [-0.39, 0.29) is 5.69 Å². The Morgan fingerprint density at radius 2 is 2.00 bits per heavy atom. The van der Waals surface area contributed by atoms with Crippen molar-refractivity contribution in [2.75, 3.05) is 0 Å². The molecule has 0 atom stereocenters. The molecule has 0 spiro atoms. The highest BCUT2D eigenvalue weighted by molar-refractivity contribution is 5.81. The lowest BCUT2D eigenvalue weighted by Gasteiger charge is -2.04. The fraction of sp³-hybridized carbons (Fsp3) is 0.0714. The highest BCUT2D eigenvalue weighted by Crippen LogP contribution is 2.22. The number of aldehydes is 1. The molecule has 5 heteroatoms. The second kappa shape index (κ2) is 4.89. The van der Waals surface area contributed by atoms with Crippen LogP contribution >= 0.6 is 0 Å². The number of hydrogen-bond donors (Lipinski definition) is 0. The van der Waals surface area contributed by atoms with Crippen LogP contribution < -0.4 is 0 Å². The van der Waals surface area contributed by atoms with Crippen LogP contribution in [0.5, 0.6) is 0 Å². The number of nitrogens with zero attached hydrogens (tertiary/aromatic N) is 3. The van der Waals surface area contributed by atoms with E-state index in [1.807, 2.05) is 30.3 Å². The Kier molecular flexibility index (Phi) is 2.94. The molecule has 2 aromatic heterocycles. The zero-order valence-electron chi connectivity index (χ0n) is 10.1. The largest absolute Gasteiger partial charge is 0.463 e. The molecule has 5 nitrogen and oxygen atoms in total. The predicted molar refractivity (Wildman–Crippen MR) is 68.7 cm³/mol. The summed E-state index contributed by atoms with van der Waals surface area (Å²) in [6.07, 6.45) is 2.25. The van der Waals surface area contributed by atoms with E-state index < -0.39 is 0 Å². The number of aromatic nitrogens is 3. The lowest BCUT2D eigenvalue weighted by atomic mass is 10.2. The summed E-state index contributed by atoms with van der Waals surface area (Å²) in [7, 11) is 0. The molecule has 3 rings (SSSR count). The van der Waals surface area contributed by atoms with E-state index in [1.54, 1.807) is 23.1 Å². The van der Waals surface area contributed by atoms with E-state index in [1.165, 1.54) is 0 Å². The van der Waals surface area contributed by atoms with Gasteiger partial charge in [-0.3, -0.25) is 4.79 Å². The fourth-order valence-electron chi connectivity index (χ4n) is 1.94. The Balaban J connectivity index is 2.03.